The van der Waals surface area contributed by atoms with Gasteiger partial charge in [0.25, 0.3) is 0 Å². The van der Waals surface area contributed by atoms with Gasteiger partial charge in [0.05, 0.1) is 43.2 Å². The fraction of sp³-hybridized carbons (Fsp3) is 0.534. The second kappa shape index (κ2) is 21.2. The molecule has 1 amide bonds. The highest BCUT2D eigenvalue weighted by atomic mass is 35.6. The molecule has 3 aliphatic heterocycles. The molecule has 1 N–H and O–H groups in total. The van der Waals surface area contributed by atoms with Gasteiger partial charge in [-0.15, -0.1) is 0 Å². The number of benzene rings is 3. The van der Waals surface area contributed by atoms with Gasteiger partial charge < -0.3 is 52.5 Å². The summed E-state index contributed by atoms with van der Waals surface area (Å²) >= 11 is 18.0. The van der Waals surface area contributed by atoms with Gasteiger partial charge in [0.1, 0.15) is 60.2 Å². The molecule has 17 nitrogen and oxygen atoms in total. The average Bonchev–Trinajstić information content (AvgIpc) is 1.90. The van der Waals surface area contributed by atoms with Gasteiger partial charge in [-0.25, -0.2) is 14.4 Å². The first kappa shape index (κ1) is 57.3. The largest absolute Gasteiger partial charge is 0.508 e. The Labute approximate surface area is 468 Å². The minimum absolute atomic E-state index is 0.0975. The van der Waals surface area contributed by atoms with Gasteiger partial charge in [-0.1, -0.05) is 123 Å². The number of alkyl halides is 3. The van der Waals surface area contributed by atoms with E-state index in [9.17, 15) is 24.3 Å². The van der Waals surface area contributed by atoms with Gasteiger partial charge in [0, 0.05) is 30.6 Å². The van der Waals surface area contributed by atoms with E-state index in [4.69, 9.17) is 82.2 Å². The van der Waals surface area contributed by atoms with E-state index < -0.39 is 141 Å². The van der Waals surface area contributed by atoms with E-state index in [1.54, 1.807) is 103 Å². The normalized spacial score (nSPS) is 33.8. The van der Waals surface area contributed by atoms with Crippen molar-refractivity contribution in [2.45, 2.75) is 150 Å². The molecule has 9 rings (SSSR count). The van der Waals surface area contributed by atoms with E-state index >= 15 is 4.79 Å². The van der Waals surface area contributed by atoms with Gasteiger partial charge >= 0.3 is 30.2 Å². The topological polar surface area (TPSA) is 201 Å². The number of carbonyl (C=O) groups is 5. The van der Waals surface area contributed by atoms with Crippen LogP contribution in [0.25, 0.3) is 0 Å². The molecule has 6 aliphatic rings. The zero-order valence-corrected chi connectivity index (χ0v) is 47.2. The van der Waals surface area contributed by atoms with Crippen molar-refractivity contribution < 1.29 is 76.4 Å². The minimum Gasteiger partial charge on any atom is -0.497 e. The molecule has 0 aromatic heterocycles. The van der Waals surface area contributed by atoms with Crippen LogP contribution in [0.4, 0.5) is 9.59 Å². The molecule has 0 radical (unpaired) electrons. The van der Waals surface area contributed by atoms with Crippen LogP contribution in [0, 0.1) is 22.7 Å². The van der Waals surface area contributed by atoms with Crippen molar-refractivity contribution >= 4 is 65.0 Å². The van der Waals surface area contributed by atoms with E-state index in [1.807, 2.05) is 42.5 Å². The highest BCUT2D eigenvalue weighted by Crippen LogP contribution is 2.67. The summed E-state index contributed by atoms with van der Waals surface area (Å²) in [5.41, 5.74) is -5.62. The molecule has 420 valence electrons. The summed E-state index contributed by atoms with van der Waals surface area (Å²) in [5, 5.41) is 14.4. The van der Waals surface area contributed by atoms with Crippen molar-refractivity contribution in [1.82, 2.24) is 4.90 Å². The number of likely N-dealkylation sites (tertiary alicyclic amines) is 1. The van der Waals surface area contributed by atoms with E-state index in [-0.39, 0.29) is 25.0 Å². The lowest BCUT2D eigenvalue weighted by Crippen LogP contribution is -2.82. The van der Waals surface area contributed by atoms with Crippen LogP contribution in [0.1, 0.15) is 108 Å². The summed E-state index contributed by atoms with van der Waals surface area (Å²) in [7, 11) is 1.55. The molecule has 14 atom stereocenters. The van der Waals surface area contributed by atoms with Gasteiger partial charge in [-0.3, -0.25) is 14.5 Å². The van der Waals surface area contributed by atoms with Crippen LogP contribution in [0.2, 0.25) is 0 Å². The molecule has 3 heterocycles. The fourth-order valence-electron chi connectivity index (χ4n) is 13.2. The zero-order valence-electron chi connectivity index (χ0n) is 44.9. The maximum Gasteiger partial charge on any atom is 0.508 e. The summed E-state index contributed by atoms with van der Waals surface area (Å²) in [6, 6.07) is 22.9. The molecule has 2 unspecified atom stereocenters. The lowest BCUT2D eigenvalue weighted by Gasteiger charge is -2.69. The first-order valence-corrected chi connectivity index (χ1v) is 27.1. The number of methoxy groups -OCH3 is 1. The molecule has 3 saturated heterocycles. The van der Waals surface area contributed by atoms with Gasteiger partial charge in [-0.05, 0) is 86.7 Å². The number of amides is 1. The Hall–Kier alpha value is -5.40. The Balaban J connectivity index is 1.22. The maximum atomic E-state index is 15.7. The van der Waals surface area contributed by atoms with E-state index in [2.05, 4.69) is 6.58 Å². The van der Waals surface area contributed by atoms with Crippen LogP contribution < -0.4 is 4.74 Å². The van der Waals surface area contributed by atoms with E-state index in [0.29, 0.717) is 28.0 Å². The third-order valence-corrected chi connectivity index (χ3v) is 17.0. The molecule has 3 aliphatic carbocycles. The summed E-state index contributed by atoms with van der Waals surface area (Å²) in [5.74, 6) is -4.08. The molecule has 5 fully saturated rings. The number of hydrogen-bond donors (Lipinski definition) is 1. The second-order valence-corrected chi connectivity index (χ2v) is 25.3. The third-order valence-electron chi connectivity index (χ3n) is 16.7. The van der Waals surface area contributed by atoms with E-state index in [0.717, 1.165) is 0 Å². The van der Waals surface area contributed by atoms with Crippen molar-refractivity contribution in [2.75, 3.05) is 20.3 Å². The van der Waals surface area contributed by atoms with E-state index in [1.165, 1.54) is 13.0 Å². The van der Waals surface area contributed by atoms with Gasteiger partial charge in [-0.2, -0.15) is 0 Å². The Morgan fingerprint density at radius 2 is 1.53 bits per heavy atom. The SMILES string of the molecule is C=CC1O[C@@H]2C3=C(C)[C@@H](OC(=O)[C@@H]4C[C@H](c5ccc(OC)cc5)N(C(=O)OC(C)(C)C)C4c4ccccc4)C[C@@](O)([C@@H](OC(=O)c4ccccc4)[C@@H]4[C@]5(OC(C)=O)CO[C@@H]5C[C@H](OC(=O)OCC(Cl)(Cl)Cl)[C@@]4(C)[C@@H]2O1)C3(C)C. The number of aliphatic hydroxyl groups is 1. The summed E-state index contributed by atoms with van der Waals surface area (Å²) < 4.78 is 61.0. The molecule has 2 bridgehead atoms. The first-order chi connectivity index (χ1) is 36.7. The molecule has 2 saturated carbocycles. The standard InChI is InChI=1S/C58H66Cl3NO16/c1-11-42-74-45-43-31(2)39(72-50(65)37-26-38(33-22-24-36(69-10)25-23-33)62(51(66)78-53(4,5)6)44(37)34-18-14-12-15-19-34)28-57(68,54(43,7)8)48(76-49(64)35-20-16-13-17-21-35)46-55(9,47(45)75-42)40(73-52(67)71-30-58(59,60)61)27-41-56(46,29-70-41)77-32(3)63/h11-25,37-42,44-48,68H,1,26-30H2,2-10H3/t37-,38-,39+,40+,41-,42?,44?,45-,46+,47-,48+,55-,56+,57-/m1/s1. The molecule has 20 heteroatoms. The Morgan fingerprint density at radius 3 is 2.10 bits per heavy atom. The number of halogens is 3. The average molecular weight is 1140 g/mol. The molecule has 0 spiro atoms. The van der Waals surface area contributed by atoms with Crippen molar-refractivity contribution in [3.8, 4) is 5.75 Å². The molecular formula is C58H66Cl3NO16. The zero-order chi connectivity index (χ0) is 56.5. The second-order valence-electron chi connectivity index (χ2n) is 22.7. The summed E-state index contributed by atoms with van der Waals surface area (Å²) in [6.45, 7) is 16.6. The number of fused-ring (bicyclic) bond motifs is 8. The number of ether oxygens (including phenoxy) is 10. The van der Waals surface area contributed by atoms with Crippen molar-refractivity contribution in [2.24, 2.45) is 22.7 Å². The molecule has 3 aromatic rings. The van der Waals surface area contributed by atoms with Crippen LogP contribution in [-0.4, -0.2) is 124 Å². The van der Waals surface area contributed by atoms with Gasteiger partial charge in [0.15, 0.2) is 11.9 Å². The highest BCUT2D eigenvalue weighted by molar-refractivity contribution is 6.67. The number of carbonyl (C=O) groups excluding carboxylic acids is 5. The maximum absolute atomic E-state index is 15.7. The molecule has 3 aromatic carbocycles. The van der Waals surface area contributed by atoms with Crippen molar-refractivity contribution in [3.63, 3.8) is 0 Å². The lowest BCUT2D eigenvalue weighted by molar-refractivity contribution is -0.362. The molecule has 78 heavy (non-hydrogen) atoms. The van der Waals surface area contributed by atoms with Crippen LogP contribution in [-0.2, 0) is 52.2 Å². The third kappa shape index (κ3) is 10.3. The van der Waals surface area contributed by atoms with Crippen molar-refractivity contribution in [1.29, 1.82) is 0 Å². The van der Waals surface area contributed by atoms with Crippen molar-refractivity contribution in [3.05, 3.63) is 125 Å². The molecular weight excluding hydrogens is 1070 g/mol. The Bertz CT molecular complexity index is 2820. The van der Waals surface area contributed by atoms with Crippen LogP contribution in [0.15, 0.2) is 109 Å². The van der Waals surface area contributed by atoms with Gasteiger partial charge in [0.2, 0.25) is 3.79 Å². The number of esters is 3. The van der Waals surface area contributed by atoms with Crippen LogP contribution >= 0.6 is 34.8 Å². The minimum atomic E-state index is -2.28. The lowest BCUT2D eigenvalue weighted by atomic mass is 9.44. The monoisotopic (exact) mass is 1140 g/mol. The Kier molecular flexibility index (Phi) is 15.6. The predicted octanol–water partition coefficient (Wildman–Crippen LogP) is 10.3. The Morgan fingerprint density at radius 1 is 0.872 bits per heavy atom. The van der Waals surface area contributed by atoms with Crippen LogP contribution in [0.3, 0.4) is 0 Å². The first-order valence-electron chi connectivity index (χ1n) is 25.9. The predicted molar refractivity (Wildman–Crippen MR) is 283 cm³/mol. The quantitative estimate of drug-likeness (QED) is 0.0822. The highest BCUT2D eigenvalue weighted by Gasteiger charge is 2.80. The fourth-order valence-corrected chi connectivity index (χ4v) is 13.4. The number of hydrogen-bond acceptors (Lipinski definition) is 16. The number of rotatable bonds is 11. The summed E-state index contributed by atoms with van der Waals surface area (Å²) in [6.07, 6.45) is -9.63. The number of nitrogens with zero attached hydrogens (tertiary/aromatic N) is 1. The van der Waals surface area contributed by atoms with Crippen LogP contribution in [0.5, 0.6) is 5.75 Å². The smallest absolute Gasteiger partial charge is 0.497 e. The summed E-state index contributed by atoms with van der Waals surface area (Å²) in [4.78, 5) is 74.1.